The highest BCUT2D eigenvalue weighted by atomic mass is 35.5. The number of rotatable bonds is 3. The normalized spacial score (nSPS) is 26.4. The monoisotopic (exact) mass is 326 g/mol. The number of nitrogens with one attached hydrogen (secondary N) is 1. The Morgan fingerprint density at radius 1 is 1.32 bits per heavy atom. The Morgan fingerprint density at radius 3 is 3.00 bits per heavy atom. The maximum Gasteiger partial charge on any atom is 0.231 e. The molecule has 0 saturated carbocycles. The lowest BCUT2D eigenvalue weighted by Crippen LogP contribution is -2.28. The topological polar surface area (TPSA) is 43.0 Å². The van der Waals surface area contributed by atoms with E-state index in [4.69, 9.17) is 14.2 Å². The molecule has 1 N–H and O–H groups in total. The van der Waals surface area contributed by atoms with E-state index in [2.05, 4.69) is 22.3 Å². The Balaban J connectivity index is 0.00000144. The first-order valence-corrected chi connectivity index (χ1v) is 7.68. The molecule has 0 aliphatic carbocycles. The van der Waals surface area contributed by atoms with E-state index < -0.39 is 0 Å². The van der Waals surface area contributed by atoms with Gasteiger partial charge < -0.3 is 19.5 Å². The molecule has 2 saturated heterocycles. The molecule has 6 heteroatoms. The van der Waals surface area contributed by atoms with E-state index in [0.717, 1.165) is 23.8 Å². The summed E-state index contributed by atoms with van der Waals surface area (Å²) < 4.78 is 16.4. The first-order chi connectivity index (χ1) is 10.3. The van der Waals surface area contributed by atoms with E-state index in [1.54, 1.807) is 7.11 Å². The van der Waals surface area contributed by atoms with Crippen LogP contribution in [0.3, 0.4) is 0 Å². The molecule has 0 bridgehead atoms. The quantitative estimate of drug-likeness (QED) is 0.920. The molecule has 0 amide bonds. The Hall–Kier alpha value is -1.17. The van der Waals surface area contributed by atoms with Crippen molar-refractivity contribution in [2.75, 3.05) is 40.1 Å². The molecule has 3 aliphatic heterocycles. The van der Waals surface area contributed by atoms with Gasteiger partial charge in [0.2, 0.25) is 12.5 Å². The minimum Gasteiger partial charge on any atom is -0.493 e. The molecule has 1 aromatic carbocycles. The summed E-state index contributed by atoms with van der Waals surface area (Å²) in [7, 11) is 1.68. The average Bonchev–Trinajstić information content (AvgIpc) is 3.21. The Morgan fingerprint density at radius 2 is 2.23 bits per heavy atom. The van der Waals surface area contributed by atoms with Crippen LogP contribution in [-0.4, -0.2) is 45.0 Å². The highest BCUT2D eigenvalue weighted by Crippen LogP contribution is 2.43. The van der Waals surface area contributed by atoms with Crippen molar-refractivity contribution >= 4 is 12.4 Å². The van der Waals surface area contributed by atoms with Gasteiger partial charge in [-0.25, -0.2) is 0 Å². The van der Waals surface area contributed by atoms with Gasteiger partial charge in [0.25, 0.3) is 0 Å². The fourth-order valence-corrected chi connectivity index (χ4v) is 3.84. The zero-order valence-corrected chi connectivity index (χ0v) is 13.7. The predicted octanol–water partition coefficient (Wildman–Crippen LogP) is 2.03. The third-order valence-electron chi connectivity index (χ3n) is 4.97. The van der Waals surface area contributed by atoms with Crippen LogP contribution in [-0.2, 0) is 6.54 Å². The first kappa shape index (κ1) is 15.7. The highest BCUT2D eigenvalue weighted by Gasteiger charge is 2.40. The van der Waals surface area contributed by atoms with Crippen LogP contribution >= 0.6 is 12.4 Å². The molecule has 2 fully saturated rings. The lowest BCUT2D eigenvalue weighted by molar-refractivity contribution is 0.171. The minimum absolute atomic E-state index is 0. The van der Waals surface area contributed by atoms with E-state index in [-0.39, 0.29) is 19.2 Å². The molecule has 4 rings (SSSR count). The van der Waals surface area contributed by atoms with Gasteiger partial charge in [-0.3, -0.25) is 4.90 Å². The Labute approximate surface area is 137 Å². The lowest BCUT2D eigenvalue weighted by atomic mass is 9.86. The van der Waals surface area contributed by atoms with Crippen LogP contribution in [0.1, 0.15) is 18.4 Å². The van der Waals surface area contributed by atoms with E-state index >= 15 is 0 Å². The number of halogens is 1. The molecule has 122 valence electrons. The fraction of sp³-hybridized carbons (Fsp3) is 0.625. The SMILES string of the molecule is COc1cc(CN2CCC3(CCNC3)C2)cc2c1OCO2.Cl. The Kier molecular flexibility index (Phi) is 4.39. The van der Waals surface area contributed by atoms with E-state index in [9.17, 15) is 0 Å². The smallest absolute Gasteiger partial charge is 0.231 e. The summed E-state index contributed by atoms with van der Waals surface area (Å²) in [5, 5.41) is 3.51. The van der Waals surface area contributed by atoms with Gasteiger partial charge in [0, 0.05) is 19.6 Å². The summed E-state index contributed by atoms with van der Waals surface area (Å²) in [6, 6.07) is 4.16. The summed E-state index contributed by atoms with van der Waals surface area (Å²) in [4.78, 5) is 2.55. The third kappa shape index (κ3) is 2.73. The number of hydrogen-bond donors (Lipinski definition) is 1. The van der Waals surface area contributed by atoms with Crippen molar-refractivity contribution in [1.82, 2.24) is 10.2 Å². The minimum atomic E-state index is 0. The number of fused-ring (bicyclic) bond motifs is 1. The zero-order chi connectivity index (χ0) is 14.3. The molecule has 5 nitrogen and oxygen atoms in total. The average molecular weight is 327 g/mol. The number of nitrogens with zero attached hydrogens (tertiary/aromatic N) is 1. The summed E-state index contributed by atoms with van der Waals surface area (Å²) in [6.07, 6.45) is 2.62. The summed E-state index contributed by atoms with van der Waals surface area (Å²) >= 11 is 0. The summed E-state index contributed by atoms with van der Waals surface area (Å²) in [6.45, 7) is 5.96. The summed E-state index contributed by atoms with van der Waals surface area (Å²) in [5.41, 5.74) is 1.75. The zero-order valence-electron chi connectivity index (χ0n) is 12.9. The molecule has 1 aromatic rings. The van der Waals surface area contributed by atoms with Crippen molar-refractivity contribution < 1.29 is 14.2 Å². The molecular weight excluding hydrogens is 304 g/mol. The van der Waals surface area contributed by atoms with Crippen molar-refractivity contribution in [2.24, 2.45) is 5.41 Å². The predicted molar refractivity (Wildman–Crippen MR) is 86.2 cm³/mol. The maximum atomic E-state index is 5.51. The number of hydrogen-bond acceptors (Lipinski definition) is 5. The van der Waals surface area contributed by atoms with E-state index in [0.29, 0.717) is 5.41 Å². The molecule has 3 aliphatic rings. The van der Waals surface area contributed by atoms with Crippen LogP contribution in [0.2, 0.25) is 0 Å². The summed E-state index contributed by atoms with van der Waals surface area (Å²) in [5.74, 6) is 2.32. The van der Waals surface area contributed by atoms with Crippen LogP contribution in [0.5, 0.6) is 17.2 Å². The maximum absolute atomic E-state index is 5.51. The van der Waals surface area contributed by atoms with Crippen molar-refractivity contribution in [1.29, 1.82) is 0 Å². The standard InChI is InChI=1S/C16H22N2O3.ClH/c1-19-13-6-12(7-14-15(13)21-11-20-14)8-18-5-3-16(10-18)2-4-17-9-16;/h6-7,17H,2-5,8-11H2,1H3;1H. The van der Waals surface area contributed by atoms with E-state index in [1.165, 1.54) is 44.6 Å². The van der Waals surface area contributed by atoms with Gasteiger partial charge in [-0.2, -0.15) is 0 Å². The van der Waals surface area contributed by atoms with Gasteiger partial charge in [-0.05, 0) is 49.0 Å². The van der Waals surface area contributed by atoms with Crippen LogP contribution in [0.4, 0.5) is 0 Å². The number of ether oxygens (including phenoxy) is 3. The largest absolute Gasteiger partial charge is 0.493 e. The number of methoxy groups -OCH3 is 1. The van der Waals surface area contributed by atoms with Crippen LogP contribution < -0.4 is 19.5 Å². The van der Waals surface area contributed by atoms with Gasteiger partial charge in [0.05, 0.1) is 7.11 Å². The van der Waals surface area contributed by atoms with Gasteiger partial charge in [-0.1, -0.05) is 0 Å². The number of likely N-dealkylation sites (tertiary alicyclic amines) is 1. The van der Waals surface area contributed by atoms with Crippen molar-refractivity contribution in [3.63, 3.8) is 0 Å². The van der Waals surface area contributed by atoms with Gasteiger partial charge in [-0.15, -0.1) is 12.4 Å². The van der Waals surface area contributed by atoms with Crippen molar-refractivity contribution in [2.45, 2.75) is 19.4 Å². The molecule has 1 spiro atoms. The first-order valence-electron chi connectivity index (χ1n) is 7.68. The highest BCUT2D eigenvalue weighted by molar-refractivity contribution is 5.85. The van der Waals surface area contributed by atoms with Crippen molar-refractivity contribution in [3.05, 3.63) is 17.7 Å². The lowest BCUT2D eigenvalue weighted by Gasteiger charge is -2.23. The fourth-order valence-electron chi connectivity index (χ4n) is 3.84. The molecule has 22 heavy (non-hydrogen) atoms. The molecule has 0 radical (unpaired) electrons. The van der Waals surface area contributed by atoms with Crippen molar-refractivity contribution in [3.8, 4) is 17.2 Å². The van der Waals surface area contributed by atoms with Gasteiger partial charge >= 0.3 is 0 Å². The van der Waals surface area contributed by atoms with Gasteiger partial charge in [0.1, 0.15) is 0 Å². The Bertz CT molecular complexity index is 546. The number of benzene rings is 1. The molecule has 3 heterocycles. The second-order valence-corrected chi connectivity index (χ2v) is 6.42. The van der Waals surface area contributed by atoms with E-state index in [1.807, 2.05) is 0 Å². The second kappa shape index (κ2) is 6.14. The van der Waals surface area contributed by atoms with Gasteiger partial charge in [0.15, 0.2) is 11.5 Å². The van der Waals surface area contributed by atoms with Crippen LogP contribution in [0, 0.1) is 5.41 Å². The van der Waals surface area contributed by atoms with Crippen LogP contribution in [0.25, 0.3) is 0 Å². The molecule has 1 atom stereocenters. The third-order valence-corrected chi connectivity index (χ3v) is 4.97. The van der Waals surface area contributed by atoms with Crippen LogP contribution in [0.15, 0.2) is 12.1 Å². The molecule has 1 unspecified atom stereocenters. The second-order valence-electron chi connectivity index (χ2n) is 6.42. The molecular formula is C16H23ClN2O3. The molecule has 0 aromatic heterocycles.